The molecule has 29 heavy (non-hydrogen) atoms. The number of nitrogens with zero attached hydrogens (tertiary/aromatic N) is 4. The van der Waals surface area contributed by atoms with Crippen LogP contribution in [0.3, 0.4) is 0 Å². The summed E-state index contributed by atoms with van der Waals surface area (Å²) in [4.78, 5) is 16.3. The highest BCUT2D eigenvalue weighted by atomic mass is 16.3. The number of hydrogen-bond acceptors (Lipinski definition) is 7. The Hall–Kier alpha value is -3.09. The van der Waals surface area contributed by atoms with Crippen LogP contribution in [0.15, 0.2) is 29.3 Å². The fourth-order valence-electron chi connectivity index (χ4n) is 3.60. The van der Waals surface area contributed by atoms with Gasteiger partial charge in [0, 0.05) is 30.9 Å². The third kappa shape index (κ3) is 4.04. The van der Waals surface area contributed by atoms with E-state index in [0.29, 0.717) is 17.6 Å². The molecule has 1 aromatic carbocycles. The lowest BCUT2D eigenvalue weighted by Crippen LogP contribution is -2.30. The molecule has 0 aliphatic carbocycles. The Labute approximate surface area is 171 Å². The van der Waals surface area contributed by atoms with E-state index in [4.69, 9.17) is 9.97 Å². The minimum Gasteiger partial charge on any atom is -0.508 e. The van der Waals surface area contributed by atoms with Crippen molar-refractivity contribution in [3.8, 4) is 5.75 Å². The summed E-state index contributed by atoms with van der Waals surface area (Å²) in [6.45, 7) is 8.54. The zero-order valence-corrected chi connectivity index (χ0v) is 17.2. The molecule has 7 heteroatoms. The number of aliphatic imine (C=N–C) groups is 1. The lowest BCUT2D eigenvalue weighted by molar-refractivity contribution is 0.471. The molecule has 3 heterocycles. The van der Waals surface area contributed by atoms with E-state index < -0.39 is 0 Å². The number of nitrogens with one attached hydrogen (secondary N) is 2. The van der Waals surface area contributed by atoms with Crippen LogP contribution in [0, 0.1) is 6.92 Å². The predicted octanol–water partition coefficient (Wildman–Crippen LogP) is 3.60. The number of hydrogen-bond donors (Lipinski definition) is 3. The summed E-state index contributed by atoms with van der Waals surface area (Å²) in [7, 11) is 0. The van der Waals surface area contributed by atoms with Gasteiger partial charge in [-0.2, -0.15) is 0 Å². The van der Waals surface area contributed by atoms with Gasteiger partial charge in [-0.25, -0.2) is 9.97 Å². The van der Waals surface area contributed by atoms with Crippen LogP contribution in [0.25, 0.3) is 5.57 Å². The van der Waals surface area contributed by atoms with Crippen molar-refractivity contribution in [2.75, 3.05) is 35.3 Å². The molecular weight excluding hydrogens is 364 g/mol. The molecule has 2 aliphatic rings. The summed E-state index contributed by atoms with van der Waals surface area (Å²) in [5, 5.41) is 16.7. The van der Waals surface area contributed by atoms with E-state index in [9.17, 15) is 5.11 Å². The quantitative estimate of drug-likeness (QED) is 0.696. The largest absolute Gasteiger partial charge is 0.508 e. The second-order valence-electron chi connectivity index (χ2n) is 7.77. The van der Waals surface area contributed by atoms with Gasteiger partial charge in [0.05, 0.1) is 6.67 Å². The molecule has 3 N–H and O–H groups in total. The van der Waals surface area contributed by atoms with Crippen LogP contribution in [-0.2, 0) is 6.42 Å². The maximum Gasteiger partial charge on any atom is 0.165 e. The molecule has 0 saturated carbocycles. The normalized spacial score (nSPS) is 15.3. The van der Waals surface area contributed by atoms with Crippen LogP contribution in [0.1, 0.15) is 37.2 Å². The lowest BCUT2D eigenvalue weighted by atomic mass is 10.1. The van der Waals surface area contributed by atoms with E-state index in [1.807, 2.05) is 25.3 Å². The number of fused-ring (bicyclic) bond motifs is 1. The van der Waals surface area contributed by atoms with E-state index >= 15 is 0 Å². The molecule has 1 aromatic heterocycles. The third-order valence-electron chi connectivity index (χ3n) is 5.29. The predicted molar refractivity (Wildman–Crippen MR) is 119 cm³/mol. The first-order valence-electron chi connectivity index (χ1n) is 10.2. The van der Waals surface area contributed by atoms with Crippen molar-refractivity contribution in [1.29, 1.82) is 0 Å². The topological polar surface area (TPSA) is 85.7 Å². The number of aromatic nitrogens is 2. The molecule has 2 aliphatic heterocycles. The van der Waals surface area contributed by atoms with Crippen molar-refractivity contribution in [3.05, 3.63) is 41.2 Å². The first kappa shape index (κ1) is 19.2. The minimum absolute atomic E-state index is 0.334. The van der Waals surface area contributed by atoms with Gasteiger partial charge in [-0.05, 0) is 50.8 Å². The molecule has 0 radical (unpaired) electrons. The first-order chi connectivity index (χ1) is 14.0. The Kier molecular flexibility index (Phi) is 5.38. The average molecular weight is 393 g/mol. The Bertz CT molecular complexity index is 966. The smallest absolute Gasteiger partial charge is 0.165 e. The summed E-state index contributed by atoms with van der Waals surface area (Å²) in [5.74, 6) is 2.81. The van der Waals surface area contributed by atoms with Gasteiger partial charge in [0.15, 0.2) is 17.5 Å². The number of aromatic hydroxyl groups is 1. The number of rotatable bonds is 6. The standard InChI is InChI=1S/C22H28N6O/c1-14(2)28-13-25-19-21(24-10-8-16-6-7-18(29)15(3)11-16)26-20(27-22(19)28)17-5-4-9-23-12-17/h5-7,11-12,14,25,29H,4,8-10,13H2,1-3H3,(H,24,26,27). The molecule has 0 saturated heterocycles. The maximum atomic E-state index is 9.72. The van der Waals surface area contributed by atoms with Gasteiger partial charge < -0.3 is 20.6 Å². The summed E-state index contributed by atoms with van der Waals surface area (Å²) < 4.78 is 0. The summed E-state index contributed by atoms with van der Waals surface area (Å²) >= 11 is 0. The van der Waals surface area contributed by atoms with E-state index in [2.05, 4.69) is 40.4 Å². The summed E-state index contributed by atoms with van der Waals surface area (Å²) in [6.07, 6.45) is 5.78. The number of aryl methyl sites for hydroxylation is 1. The monoisotopic (exact) mass is 392 g/mol. The molecule has 152 valence electrons. The molecule has 0 unspecified atom stereocenters. The summed E-state index contributed by atoms with van der Waals surface area (Å²) in [5.41, 5.74) is 4.01. The van der Waals surface area contributed by atoms with Gasteiger partial charge in [0.25, 0.3) is 0 Å². The molecule has 0 spiro atoms. The molecule has 0 fully saturated rings. The van der Waals surface area contributed by atoms with Crippen molar-refractivity contribution in [2.45, 2.75) is 39.7 Å². The van der Waals surface area contributed by atoms with Crippen molar-refractivity contribution in [2.24, 2.45) is 4.99 Å². The van der Waals surface area contributed by atoms with E-state index in [-0.39, 0.29) is 0 Å². The Morgan fingerprint density at radius 3 is 2.86 bits per heavy atom. The van der Waals surface area contributed by atoms with Crippen LogP contribution in [0.4, 0.5) is 17.3 Å². The van der Waals surface area contributed by atoms with Crippen molar-refractivity contribution >= 4 is 29.1 Å². The number of dihydropyridines is 1. The fourth-order valence-corrected chi connectivity index (χ4v) is 3.60. The molecular formula is C22H28N6O. The Balaban J connectivity index is 1.59. The molecule has 7 nitrogen and oxygen atoms in total. The van der Waals surface area contributed by atoms with Crippen molar-refractivity contribution < 1.29 is 5.11 Å². The molecule has 0 bridgehead atoms. The fraction of sp³-hybridized carbons (Fsp3) is 0.409. The molecule has 0 amide bonds. The van der Waals surface area contributed by atoms with E-state index in [1.165, 1.54) is 5.56 Å². The number of allylic oxidation sites excluding steroid dienone is 1. The maximum absolute atomic E-state index is 9.72. The third-order valence-corrected chi connectivity index (χ3v) is 5.29. The van der Waals surface area contributed by atoms with Crippen LogP contribution >= 0.6 is 0 Å². The van der Waals surface area contributed by atoms with E-state index in [1.54, 1.807) is 6.07 Å². The van der Waals surface area contributed by atoms with Gasteiger partial charge in [-0.1, -0.05) is 18.2 Å². The first-order valence-corrected chi connectivity index (χ1v) is 10.2. The summed E-state index contributed by atoms with van der Waals surface area (Å²) in [6, 6.07) is 6.08. The van der Waals surface area contributed by atoms with Crippen LogP contribution in [0.2, 0.25) is 0 Å². The van der Waals surface area contributed by atoms with Gasteiger partial charge in [0.1, 0.15) is 11.4 Å². The van der Waals surface area contributed by atoms with E-state index in [0.717, 1.165) is 61.1 Å². The van der Waals surface area contributed by atoms with Crippen LogP contribution < -0.4 is 15.5 Å². The highest BCUT2D eigenvalue weighted by Gasteiger charge is 2.27. The highest BCUT2D eigenvalue weighted by Crippen LogP contribution is 2.37. The van der Waals surface area contributed by atoms with Gasteiger partial charge >= 0.3 is 0 Å². The molecule has 2 aromatic rings. The Morgan fingerprint density at radius 1 is 1.28 bits per heavy atom. The second-order valence-corrected chi connectivity index (χ2v) is 7.77. The number of phenols is 1. The Morgan fingerprint density at radius 2 is 2.14 bits per heavy atom. The van der Waals surface area contributed by atoms with Crippen LogP contribution in [-0.4, -0.2) is 47.1 Å². The van der Waals surface area contributed by atoms with Gasteiger partial charge in [0.2, 0.25) is 0 Å². The number of benzene rings is 1. The lowest BCUT2D eigenvalue weighted by Gasteiger charge is -2.22. The zero-order valence-electron chi connectivity index (χ0n) is 17.2. The van der Waals surface area contributed by atoms with Gasteiger partial charge in [-0.3, -0.25) is 4.99 Å². The van der Waals surface area contributed by atoms with Crippen molar-refractivity contribution in [1.82, 2.24) is 9.97 Å². The molecule has 0 atom stereocenters. The molecule has 4 rings (SSSR count). The van der Waals surface area contributed by atoms with Gasteiger partial charge in [-0.15, -0.1) is 0 Å². The number of phenolic OH excluding ortho intramolecular Hbond substituents is 1. The number of anilines is 3. The second kappa shape index (κ2) is 8.11. The average Bonchev–Trinajstić information content (AvgIpc) is 3.16. The minimum atomic E-state index is 0.334. The van der Waals surface area contributed by atoms with Crippen LogP contribution in [0.5, 0.6) is 5.75 Å². The highest BCUT2D eigenvalue weighted by molar-refractivity contribution is 6.09. The SMILES string of the molecule is Cc1cc(CCNc2nc(C3=CCCN=C3)nc3c2NCN3C(C)C)ccc1O. The van der Waals surface area contributed by atoms with Crippen molar-refractivity contribution in [3.63, 3.8) is 0 Å². The zero-order chi connectivity index (χ0) is 20.4.